The molecule has 0 heterocycles. The lowest BCUT2D eigenvalue weighted by molar-refractivity contribution is -0.156. The van der Waals surface area contributed by atoms with Gasteiger partial charge in [-0.3, -0.25) is 0 Å². The molecule has 0 aliphatic rings. The van der Waals surface area contributed by atoms with Gasteiger partial charge in [-0.05, 0) is 13.8 Å². The molecule has 0 radical (unpaired) electrons. The second-order valence-electron chi connectivity index (χ2n) is 2.93. The third-order valence-corrected chi connectivity index (χ3v) is 1.53. The van der Waals surface area contributed by atoms with E-state index in [2.05, 4.69) is 17.2 Å². The molecule has 0 amide bonds. The Balaban J connectivity index is 3.62. The van der Waals surface area contributed by atoms with Crippen LogP contribution in [-0.4, -0.2) is 34.9 Å². The number of rotatable bonds is 5. The number of carboxylic acid groups (broad SMARTS) is 1. The minimum absolute atomic E-state index is 0.0354. The minimum atomic E-state index is -1.69. The van der Waals surface area contributed by atoms with Gasteiger partial charge in [-0.2, -0.15) is 0 Å². The van der Waals surface area contributed by atoms with Crippen LogP contribution in [0.1, 0.15) is 20.3 Å². The van der Waals surface area contributed by atoms with E-state index in [4.69, 9.17) is 5.11 Å². The van der Waals surface area contributed by atoms with Gasteiger partial charge in [-0.25, -0.2) is 4.79 Å². The van der Waals surface area contributed by atoms with Gasteiger partial charge in [0.25, 0.3) is 0 Å². The standard InChI is InChI=1S/C9H15NO3/c1-3-4-5-6-10-7-9(2,13)8(11)12/h10,13H,5-7H2,1-2H3,(H,11,12). The molecule has 1 atom stereocenters. The maximum atomic E-state index is 10.4. The molecular weight excluding hydrogens is 170 g/mol. The maximum Gasteiger partial charge on any atom is 0.336 e. The molecule has 0 aromatic heterocycles. The van der Waals surface area contributed by atoms with E-state index in [-0.39, 0.29) is 6.54 Å². The molecule has 0 bridgehead atoms. The number of hydrogen-bond donors (Lipinski definition) is 3. The van der Waals surface area contributed by atoms with E-state index in [0.717, 1.165) is 0 Å². The summed E-state index contributed by atoms with van der Waals surface area (Å²) in [4.78, 5) is 10.4. The highest BCUT2D eigenvalue weighted by atomic mass is 16.4. The quantitative estimate of drug-likeness (QED) is 0.410. The van der Waals surface area contributed by atoms with Gasteiger partial charge in [0.1, 0.15) is 0 Å². The summed E-state index contributed by atoms with van der Waals surface area (Å²) in [6.45, 7) is 3.62. The van der Waals surface area contributed by atoms with Gasteiger partial charge in [0.15, 0.2) is 5.60 Å². The number of carboxylic acids is 1. The molecule has 4 nitrogen and oxygen atoms in total. The van der Waals surface area contributed by atoms with Crippen LogP contribution >= 0.6 is 0 Å². The van der Waals surface area contributed by atoms with Gasteiger partial charge in [0, 0.05) is 19.5 Å². The van der Waals surface area contributed by atoms with Crippen LogP contribution in [-0.2, 0) is 4.79 Å². The van der Waals surface area contributed by atoms with Crippen LogP contribution in [0.5, 0.6) is 0 Å². The van der Waals surface area contributed by atoms with Crippen molar-refractivity contribution in [1.82, 2.24) is 5.32 Å². The maximum absolute atomic E-state index is 10.4. The highest BCUT2D eigenvalue weighted by Crippen LogP contribution is 2.00. The molecule has 4 heteroatoms. The van der Waals surface area contributed by atoms with Crippen LogP contribution < -0.4 is 5.32 Å². The van der Waals surface area contributed by atoms with Gasteiger partial charge in [-0.1, -0.05) is 0 Å². The van der Waals surface area contributed by atoms with Crippen molar-refractivity contribution in [3.8, 4) is 11.8 Å². The zero-order chi connectivity index (χ0) is 10.3. The van der Waals surface area contributed by atoms with Gasteiger partial charge in [0.2, 0.25) is 0 Å². The first-order valence-electron chi connectivity index (χ1n) is 4.07. The highest BCUT2D eigenvalue weighted by molar-refractivity contribution is 5.76. The predicted molar refractivity (Wildman–Crippen MR) is 49.2 cm³/mol. The molecule has 0 aliphatic heterocycles. The average molecular weight is 185 g/mol. The molecule has 0 fully saturated rings. The number of aliphatic carboxylic acids is 1. The molecule has 3 N–H and O–H groups in total. The van der Waals surface area contributed by atoms with Crippen LogP contribution in [0.3, 0.4) is 0 Å². The topological polar surface area (TPSA) is 69.6 Å². The summed E-state index contributed by atoms with van der Waals surface area (Å²) >= 11 is 0. The van der Waals surface area contributed by atoms with E-state index in [1.165, 1.54) is 6.92 Å². The SMILES string of the molecule is CC#CCCNCC(C)(O)C(=O)O. The van der Waals surface area contributed by atoms with Gasteiger partial charge >= 0.3 is 5.97 Å². The molecule has 0 saturated carbocycles. The van der Waals surface area contributed by atoms with E-state index in [0.29, 0.717) is 13.0 Å². The Morgan fingerprint density at radius 2 is 2.23 bits per heavy atom. The summed E-state index contributed by atoms with van der Waals surface area (Å²) in [6.07, 6.45) is 0.659. The van der Waals surface area contributed by atoms with Crippen molar-refractivity contribution in [3.63, 3.8) is 0 Å². The van der Waals surface area contributed by atoms with Crippen molar-refractivity contribution in [2.24, 2.45) is 0 Å². The zero-order valence-electron chi connectivity index (χ0n) is 7.92. The first-order chi connectivity index (χ1) is 6.00. The smallest absolute Gasteiger partial charge is 0.336 e. The molecule has 0 aromatic rings. The molecule has 1 unspecified atom stereocenters. The van der Waals surface area contributed by atoms with E-state index in [9.17, 15) is 9.90 Å². The number of aliphatic hydroxyl groups is 1. The molecule has 74 valence electrons. The van der Waals surface area contributed by atoms with Crippen molar-refractivity contribution in [2.75, 3.05) is 13.1 Å². The van der Waals surface area contributed by atoms with Crippen molar-refractivity contribution in [1.29, 1.82) is 0 Å². The number of hydrogen-bond acceptors (Lipinski definition) is 3. The van der Waals surface area contributed by atoms with Gasteiger partial charge in [-0.15, -0.1) is 11.8 Å². The summed E-state index contributed by atoms with van der Waals surface area (Å²) in [7, 11) is 0. The summed E-state index contributed by atoms with van der Waals surface area (Å²) in [5.74, 6) is 4.32. The van der Waals surface area contributed by atoms with Crippen LogP contribution in [0.2, 0.25) is 0 Å². The third-order valence-electron chi connectivity index (χ3n) is 1.53. The lowest BCUT2D eigenvalue weighted by Gasteiger charge is -2.17. The Kier molecular flexibility index (Phi) is 5.12. The molecule has 0 rings (SSSR count). The Labute approximate surface area is 78.0 Å². The number of carbonyl (C=O) groups is 1. The van der Waals surface area contributed by atoms with E-state index in [1.807, 2.05) is 0 Å². The van der Waals surface area contributed by atoms with Crippen LogP contribution in [0.25, 0.3) is 0 Å². The molecule has 0 spiro atoms. The normalized spacial score (nSPS) is 14.1. The van der Waals surface area contributed by atoms with Gasteiger partial charge < -0.3 is 15.5 Å². The third kappa shape index (κ3) is 5.23. The summed E-state index contributed by atoms with van der Waals surface area (Å²) in [5, 5.41) is 20.6. The molecule has 0 aliphatic carbocycles. The Bertz CT molecular complexity index is 225. The fourth-order valence-electron chi connectivity index (χ4n) is 0.683. The first kappa shape index (κ1) is 11.9. The minimum Gasteiger partial charge on any atom is -0.479 e. The molecular formula is C9H15NO3. The second kappa shape index (κ2) is 5.57. The average Bonchev–Trinajstić information content (AvgIpc) is 2.03. The zero-order valence-corrected chi connectivity index (χ0v) is 7.92. The van der Waals surface area contributed by atoms with Crippen LogP contribution in [0, 0.1) is 11.8 Å². The lowest BCUT2D eigenvalue weighted by atomic mass is 10.1. The van der Waals surface area contributed by atoms with Crippen molar-refractivity contribution < 1.29 is 15.0 Å². The largest absolute Gasteiger partial charge is 0.479 e. The van der Waals surface area contributed by atoms with E-state index in [1.54, 1.807) is 6.92 Å². The summed E-state index contributed by atoms with van der Waals surface area (Å²) in [5.41, 5.74) is -1.69. The fraction of sp³-hybridized carbons (Fsp3) is 0.667. The summed E-state index contributed by atoms with van der Waals surface area (Å²) in [6, 6.07) is 0. The molecule has 0 saturated heterocycles. The Morgan fingerprint density at radius 1 is 1.62 bits per heavy atom. The molecule has 0 aromatic carbocycles. The van der Waals surface area contributed by atoms with Crippen LogP contribution in [0.4, 0.5) is 0 Å². The van der Waals surface area contributed by atoms with Crippen molar-refractivity contribution in [3.05, 3.63) is 0 Å². The monoisotopic (exact) mass is 185 g/mol. The predicted octanol–water partition coefficient (Wildman–Crippen LogP) is -0.175. The van der Waals surface area contributed by atoms with E-state index < -0.39 is 11.6 Å². The van der Waals surface area contributed by atoms with Crippen molar-refractivity contribution >= 4 is 5.97 Å². The van der Waals surface area contributed by atoms with Crippen LogP contribution in [0.15, 0.2) is 0 Å². The highest BCUT2D eigenvalue weighted by Gasteiger charge is 2.28. The summed E-state index contributed by atoms with van der Waals surface area (Å²) < 4.78 is 0. The second-order valence-corrected chi connectivity index (χ2v) is 2.93. The number of nitrogens with one attached hydrogen (secondary N) is 1. The lowest BCUT2D eigenvalue weighted by Crippen LogP contribution is -2.45. The van der Waals surface area contributed by atoms with Crippen molar-refractivity contribution in [2.45, 2.75) is 25.9 Å². The van der Waals surface area contributed by atoms with Gasteiger partial charge in [0.05, 0.1) is 0 Å². The fourth-order valence-corrected chi connectivity index (χ4v) is 0.683. The first-order valence-corrected chi connectivity index (χ1v) is 4.07. The Morgan fingerprint density at radius 3 is 2.69 bits per heavy atom. The Hall–Kier alpha value is -1.05. The molecule has 13 heavy (non-hydrogen) atoms. The van der Waals surface area contributed by atoms with E-state index >= 15 is 0 Å².